The van der Waals surface area contributed by atoms with Gasteiger partial charge < -0.3 is 20.1 Å². The Morgan fingerprint density at radius 2 is 1.64 bits per heavy atom. The lowest BCUT2D eigenvalue weighted by Crippen LogP contribution is -2.17. The molecule has 0 spiro atoms. The Balaban J connectivity index is 1.65. The van der Waals surface area contributed by atoms with Crippen LogP contribution in [0.15, 0.2) is 65.1 Å². The van der Waals surface area contributed by atoms with E-state index in [9.17, 15) is 9.18 Å². The number of rotatable bonds is 10. The third-order valence-corrected chi connectivity index (χ3v) is 5.43. The maximum atomic E-state index is 13.1. The molecule has 33 heavy (non-hydrogen) atoms. The Morgan fingerprint density at radius 1 is 0.970 bits per heavy atom. The monoisotopic (exact) mass is 514 g/mol. The van der Waals surface area contributed by atoms with Crippen molar-refractivity contribution in [3.8, 4) is 11.5 Å². The van der Waals surface area contributed by atoms with Gasteiger partial charge in [-0.05, 0) is 82.5 Å². The Hall–Kier alpha value is -3.06. The quantitative estimate of drug-likeness (QED) is 0.313. The highest BCUT2D eigenvalue weighted by Crippen LogP contribution is 2.37. The van der Waals surface area contributed by atoms with Gasteiger partial charge in [0, 0.05) is 23.8 Å². The van der Waals surface area contributed by atoms with Gasteiger partial charge in [-0.3, -0.25) is 4.79 Å². The fourth-order valence-electron chi connectivity index (χ4n) is 3.02. The minimum absolute atomic E-state index is 0.00857. The number of benzene rings is 3. The van der Waals surface area contributed by atoms with Crippen molar-refractivity contribution in [2.75, 3.05) is 17.2 Å². The maximum Gasteiger partial charge on any atom is 0.226 e. The van der Waals surface area contributed by atoms with Crippen LogP contribution in [0.1, 0.15) is 31.9 Å². The zero-order chi connectivity index (χ0) is 23.8. The molecule has 0 saturated carbocycles. The Morgan fingerprint density at radius 3 is 2.27 bits per heavy atom. The fourth-order valence-corrected chi connectivity index (χ4v) is 3.63. The fraction of sp³-hybridized carbons (Fsp3) is 0.269. The van der Waals surface area contributed by atoms with E-state index in [0.29, 0.717) is 31.3 Å². The normalized spacial score (nSPS) is 10.7. The lowest BCUT2D eigenvalue weighted by molar-refractivity contribution is -0.118. The molecule has 0 bridgehead atoms. The van der Waals surface area contributed by atoms with E-state index in [4.69, 9.17) is 9.47 Å². The van der Waals surface area contributed by atoms with Gasteiger partial charge in [0.1, 0.15) is 12.4 Å². The van der Waals surface area contributed by atoms with Gasteiger partial charge in [0.15, 0.2) is 11.5 Å². The van der Waals surface area contributed by atoms with Crippen molar-refractivity contribution in [2.45, 2.75) is 33.9 Å². The van der Waals surface area contributed by atoms with Crippen LogP contribution in [-0.2, 0) is 17.9 Å². The number of hydrogen-bond donors (Lipinski definition) is 2. The SMILES string of the molecule is CCOc1cc(CNc2ccc(NC(=O)C(C)C)cc2)cc(Br)c1OCc1ccc(F)cc1. The largest absolute Gasteiger partial charge is 0.490 e. The summed E-state index contributed by atoms with van der Waals surface area (Å²) in [5.41, 5.74) is 3.58. The standard InChI is InChI=1S/C26H28BrFN2O3/c1-4-32-24-14-19(13-23(27)25(24)33-16-18-5-7-20(28)8-6-18)15-29-21-9-11-22(12-10-21)30-26(31)17(2)3/h5-14,17,29H,4,15-16H2,1-3H3,(H,30,31). The molecule has 3 aromatic rings. The maximum absolute atomic E-state index is 13.1. The molecule has 0 fully saturated rings. The first-order chi connectivity index (χ1) is 15.9. The molecular weight excluding hydrogens is 487 g/mol. The van der Waals surface area contributed by atoms with Gasteiger partial charge in [0.05, 0.1) is 11.1 Å². The molecular formula is C26H28BrFN2O3. The molecule has 5 nitrogen and oxygen atoms in total. The second kappa shape index (κ2) is 11.7. The second-order valence-corrected chi connectivity index (χ2v) is 8.68. The molecule has 0 aliphatic heterocycles. The summed E-state index contributed by atoms with van der Waals surface area (Å²) in [5.74, 6) is 0.892. The predicted octanol–water partition coefficient (Wildman–Crippen LogP) is 6.77. The average Bonchev–Trinajstić information content (AvgIpc) is 2.79. The topological polar surface area (TPSA) is 59.6 Å². The van der Waals surface area contributed by atoms with Gasteiger partial charge in [-0.2, -0.15) is 0 Å². The van der Waals surface area contributed by atoms with Crippen LogP contribution in [0, 0.1) is 11.7 Å². The number of nitrogens with one attached hydrogen (secondary N) is 2. The molecule has 0 unspecified atom stereocenters. The minimum atomic E-state index is -0.276. The van der Waals surface area contributed by atoms with Crippen LogP contribution < -0.4 is 20.1 Å². The Bertz CT molecular complexity index is 1070. The zero-order valence-electron chi connectivity index (χ0n) is 19.0. The molecule has 174 valence electrons. The summed E-state index contributed by atoms with van der Waals surface area (Å²) < 4.78 is 25.7. The van der Waals surface area contributed by atoms with Crippen LogP contribution >= 0.6 is 15.9 Å². The van der Waals surface area contributed by atoms with Crippen molar-refractivity contribution < 1.29 is 18.7 Å². The highest BCUT2D eigenvalue weighted by Gasteiger charge is 2.13. The summed E-state index contributed by atoms with van der Waals surface area (Å²) in [4.78, 5) is 11.8. The molecule has 1 amide bonds. The average molecular weight is 515 g/mol. The van der Waals surface area contributed by atoms with Gasteiger partial charge in [-0.25, -0.2) is 4.39 Å². The molecule has 0 radical (unpaired) electrons. The van der Waals surface area contributed by atoms with E-state index in [1.165, 1.54) is 12.1 Å². The highest BCUT2D eigenvalue weighted by atomic mass is 79.9. The molecule has 0 atom stereocenters. The van der Waals surface area contributed by atoms with Gasteiger partial charge in [0.2, 0.25) is 5.91 Å². The lowest BCUT2D eigenvalue weighted by Gasteiger charge is -2.16. The third-order valence-electron chi connectivity index (χ3n) is 4.84. The number of carbonyl (C=O) groups excluding carboxylic acids is 1. The van der Waals surface area contributed by atoms with Crippen LogP contribution in [0.25, 0.3) is 0 Å². The molecule has 3 rings (SSSR count). The smallest absolute Gasteiger partial charge is 0.226 e. The first-order valence-corrected chi connectivity index (χ1v) is 11.6. The zero-order valence-corrected chi connectivity index (χ0v) is 20.5. The van der Waals surface area contributed by atoms with Crippen molar-refractivity contribution in [1.82, 2.24) is 0 Å². The first-order valence-electron chi connectivity index (χ1n) is 10.8. The summed E-state index contributed by atoms with van der Waals surface area (Å²) in [6.07, 6.45) is 0. The highest BCUT2D eigenvalue weighted by molar-refractivity contribution is 9.10. The van der Waals surface area contributed by atoms with Crippen LogP contribution in [0.5, 0.6) is 11.5 Å². The number of amides is 1. The van der Waals surface area contributed by atoms with Crippen molar-refractivity contribution in [2.24, 2.45) is 5.92 Å². The number of halogens is 2. The summed E-state index contributed by atoms with van der Waals surface area (Å²) >= 11 is 3.59. The number of carbonyl (C=O) groups is 1. The third kappa shape index (κ3) is 7.22. The van der Waals surface area contributed by atoms with E-state index in [1.54, 1.807) is 12.1 Å². The molecule has 3 aromatic carbocycles. The summed E-state index contributed by atoms with van der Waals surface area (Å²) in [7, 11) is 0. The summed E-state index contributed by atoms with van der Waals surface area (Å²) in [6.45, 7) is 7.02. The van der Waals surface area contributed by atoms with E-state index < -0.39 is 0 Å². The van der Waals surface area contributed by atoms with E-state index in [1.807, 2.05) is 57.2 Å². The van der Waals surface area contributed by atoms with Crippen molar-refractivity contribution in [3.63, 3.8) is 0 Å². The van der Waals surface area contributed by atoms with E-state index in [2.05, 4.69) is 26.6 Å². The van der Waals surface area contributed by atoms with E-state index in [0.717, 1.165) is 27.0 Å². The van der Waals surface area contributed by atoms with Crippen LogP contribution in [0.3, 0.4) is 0 Å². The molecule has 2 N–H and O–H groups in total. The van der Waals surface area contributed by atoms with Crippen molar-refractivity contribution in [3.05, 3.63) is 82.1 Å². The van der Waals surface area contributed by atoms with Gasteiger partial charge in [0.25, 0.3) is 0 Å². The van der Waals surface area contributed by atoms with E-state index >= 15 is 0 Å². The molecule has 7 heteroatoms. The molecule has 0 aliphatic carbocycles. The number of anilines is 2. The molecule has 0 heterocycles. The number of ether oxygens (including phenoxy) is 2. The Labute approximate surface area is 202 Å². The van der Waals surface area contributed by atoms with Gasteiger partial charge in [-0.1, -0.05) is 26.0 Å². The van der Waals surface area contributed by atoms with Crippen LogP contribution in [-0.4, -0.2) is 12.5 Å². The predicted molar refractivity (Wildman–Crippen MR) is 133 cm³/mol. The van der Waals surface area contributed by atoms with Crippen molar-refractivity contribution in [1.29, 1.82) is 0 Å². The Kier molecular flexibility index (Phi) is 8.72. The molecule has 0 aliphatic rings. The summed E-state index contributed by atoms with van der Waals surface area (Å²) in [6, 6.07) is 17.7. The van der Waals surface area contributed by atoms with Crippen LogP contribution in [0.4, 0.5) is 15.8 Å². The first kappa shape index (κ1) is 24.6. The second-order valence-electron chi connectivity index (χ2n) is 7.83. The minimum Gasteiger partial charge on any atom is -0.490 e. The van der Waals surface area contributed by atoms with Crippen molar-refractivity contribution >= 4 is 33.2 Å². The molecule has 0 aromatic heterocycles. The van der Waals surface area contributed by atoms with Gasteiger partial charge >= 0.3 is 0 Å². The van der Waals surface area contributed by atoms with Gasteiger partial charge in [-0.15, -0.1) is 0 Å². The summed E-state index contributed by atoms with van der Waals surface area (Å²) in [5, 5.41) is 6.26. The van der Waals surface area contributed by atoms with Crippen LogP contribution in [0.2, 0.25) is 0 Å². The van der Waals surface area contributed by atoms with E-state index in [-0.39, 0.29) is 17.6 Å². The number of hydrogen-bond acceptors (Lipinski definition) is 4. The molecule has 0 saturated heterocycles. The lowest BCUT2D eigenvalue weighted by atomic mass is 10.1.